The van der Waals surface area contributed by atoms with Gasteiger partial charge in [-0.15, -0.1) is 0 Å². The molecule has 362 valence electrons. The van der Waals surface area contributed by atoms with Gasteiger partial charge in [-0.2, -0.15) is 30.7 Å². The van der Waals surface area contributed by atoms with Crippen molar-refractivity contribution < 1.29 is 28.6 Å². The van der Waals surface area contributed by atoms with Crippen LogP contribution < -0.4 is 46.1 Å². The van der Waals surface area contributed by atoms with Crippen molar-refractivity contribution in [3.05, 3.63) is 146 Å². The smallest absolute Gasteiger partial charge is 0.319 e. The molecule has 70 heavy (non-hydrogen) atoms. The Morgan fingerprint density at radius 1 is 0.357 bits per heavy atom. The molecule has 0 atom stereocenters. The van der Waals surface area contributed by atoms with Gasteiger partial charge in [0.25, 0.3) is 0 Å². The molecule has 6 amide bonds. The average molecular weight is 948 g/mol. The van der Waals surface area contributed by atoms with Gasteiger partial charge in [0.15, 0.2) is 0 Å². The fourth-order valence-electron chi connectivity index (χ4n) is 6.35. The number of nitrogens with zero attached hydrogens (tertiary/aromatic N) is 7. The van der Waals surface area contributed by atoms with Gasteiger partial charge in [-0.05, 0) is 166 Å². The van der Waals surface area contributed by atoms with Gasteiger partial charge in [-0.25, -0.2) is 14.4 Å². The van der Waals surface area contributed by atoms with E-state index in [9.17, 15) is 14.4 Å². The molecular weight excluding hydrogens is 891 g/mol. The lowest BCUT2D eigenvalue weighted by atomic mass is 10.3. The molecule has 0 radical (unpaired) electrons. The van der Waals surface area contributed by atoms with Gasteiger partial charge in [0, 0.05) is 56.3 Å². The van der Waals surface area contributed by atoms with Crippen LogP contribution in [0.25, 0.3) is 0 Å². The van der Waals surface area contributed by atoms with E-state index in [1.807, 2.05) is 98.5 Å². The van der Waals surface area contributed by atoms with Crippen LogP contribution in [0, 0.1) is 0 Å². The molecule has 0 saturated heterocycles. The van der Waals surface area contributed by atoms with E-state index < -0.39 is 18.1 Å². The largest absolute Gasteiger partial charge is 0.494 e. The molecule has 0 spiro atoms. The summed E-state index contributed by atoms with van der Waals surface area (Å²) in [6, 6.07) is 41.7. The van der Waals surface area contributed by atoms with Crippen LogP contribution in [-0.2, 0) is 0 Å². The number of benzene rings is 6. The maximum absolute atomic E-state index is 12.9. The van der Waals surface area contributed by atoms with E-state index in [-0.39, 0.29) is 19.6 Å². The maximum Gasteiger partial charge on any atom is 0.319 e. The predicted octanol–water partition coefficient (Wildman–Crippen LogP) is 12.2. The lowest BCUT2D eigenvalue weighted by Crippen LogP contribution is -2.44. The van der Waals surface area contributed by atoms with Crippen molar-refractivity contribution in [1.29, 1.82) is 0 Å². The maximum atomic E-state index is 12.9. The molecule has 19 nitrogen and oxygen atoms in total. The van der Waals surface area contributed by atoms with Crippen LogP contribution in [0.4, 0.5) is 65.6 Å². The van der Waals surface area contributed by atoms with Crippen LogP contribution in [-0.4, -0.2) is 82.1 Å². The Hall–Kier alpha value is -8.71. The van der Waals surface area contributed by atoms with Crippen LogP contribution in [0.2, 0.25) is 0 Å². The monoisotopic (exact) mass is 947 g/mol. The molecule has 0 heterocycles. The Labute approximate surface area is 406 Å². The van der Waals surface area contributed by atoms with Gasteiger partial charge in [0.05, 0.1) is 53.9 Å². The van der Waals surface area contributed by atoms with Crippen LogP contribution in [0.3, 0.4) is 0 Å². The lowest BCUT2D eigenvalue weighted by molar-refractivity contribution is 0.238. The molecule has 0 bridgehead atoms. The lowest BCUT2D eigenvalue weighted by Gasteiger charge is -2.23. The Bertz CT molecular complexity index is 2340. The third-order valence-corrected chi connectivity index (χ3v) is 9.80. The van der Waals surface area contributed by atoms with Crippen molar-refractivity contribution in [2.75, 3.05) is 75.0 Å². The highest BCUT2D eigenvalue weighted by atomic mass is 16.5. The van der Waals surface area contributed by atoms with Crippen molar-refractivity contribution in [2.24, 2.45) is 30.7 Å². The molecular formula is C51H57N13O6. The molecule has 19 heteroatoms. The molecule has 0 aliphatic carbocycles. The fraction of sp³-hybridized carbons (Fsp3) is 0.235. The molecule has 6 aromatic rings. The third kappa shape index (κ3) is 18.2. The first-order valence-electron chi connectivity index (χ1n) is 22.8. The first-order valence-corrected chi connectivity index (χ1v) is 22.8. The topological polar surface area (TPSA) is 228 Å². The van der Waals surface area contributed by atoms with E-state index in [0.717, 1.165) is 17.2 Å². The van der Waals surface area contributed by atoms with E-state index in [4.69, 9.17) is 14.2 Å². The average Bonchev–Trinajstić information content (AvgIpc) is 3.37. The second-order valence-corrected chi connectivity index (χ2v) is 15.0. The standard InChI is InChI=1S/C51H57N13O6/c1-4-68-46-25-19-43(20-26-46)61-58-40-13-7-37(8-14-40)55-49(65)52-31-34-64(35-32-53-50(66)56-38-9-15-41(16-10-38)59-62-44-21-27-47(28-22-44)69-5-2)36-33-54-51(67)57-39-11-17-42(18-12-39)60-63-45-23-29-48(30-24-45)70-6-3/h7-30H,4-6,31-36H2,1-3H3,(H2,52,55,65)(H2,53,56,66)(H2,54,57,67). The molecule has 6 N–H and O–H groups in total. The highest BCUT2D eigenvalue weighted by molar-refractivity contribution is 5.90. The van der Waals surface area contributed by atoms with Crippen LogP contribution >= 0.6 is 0 Å². The van der Waals surface area contributed by atoms with Crippen molar-refractivity contribution in [2.45, 2.75) is 20.8 Å². The molecule has 0 unspecified atom stereocenters. The molecule has 6 rings (SSSR count). The van der Waals surface area contributed by atoms with Gasteiger partial charge in [-0.3, -0.25) is 4.90 Å². The predicted molar refractivity (Wildman–Crippen MR) is 272 cm³/mol. The second kappa shape index (κ2) is 27.8. The minimum atomic E-state index is -0.397. The van der Waals surface area contributed by atoms with E-state index in [2.05, 4.69) is 62.6 Å². The Morgan fingerprint density at radius 3 is 0.786 bits per heavy atom. The quantitative estimate of drug-likeness (QED) is 0.0321. The third-order valence-electron chi connectivity index (χ3n) is 9.80. The van der Waals surface area contributed by atoms with Gasteiger partial charge in [0.1, 0.15) is 17.2 Å². The number of anilines is 3. The molecule has 0 aliphatic heterocycles. The number of ether oxygens (including phenoxy) is 3. The highest BCUT2D eigenvalue weighted by Gasteiger charge is 2.11. The zero-order chi connectivity index (χ0) is 49.2. The summed E-state index contributed by atoms with van der Waals surface area (Å²) in [4.78, 5) is 40.6. The summed E-state index contributed by atoms with van der Waals surface area (Å²) in [5.74, 6) is 2.29. The zero-order valence-corrected chi connectivity index (χ0v) is 39.3. The van der Waals surface area contributed by atoms with Crippen molar-refractivity contribution in [3.63, 3.8) is 0 Å². The number of rotatable bonds is 24. The Kier molecular flexibility index (Phi) is 20.1. The number of nitrogens with one attached hydrogen (secondary N) is 6. The summed E-state index contributed by atoms with van der Waals surface area (Å²) in [6.45, 7) is 9.63. The first kappa shape index (κ1) is 50.7. The summed E-state index contributed by atoms with van der Waals surface area (Å²) in [6.07, 6.45) is 0. The zero-order valence-electron chi connectivity index (χ0n) is 39.3. The summed E-state index contributed by atoms with van der Waals surface area (Å²) >= 11 is 0. The minimum Gasteiger partial charge on any atom is -0.494 e. The van der Waals surface area contributed by atoms with E-state index in [1.54, 1.807) is 72.8 Å². The summed E-state index contributed by atoms with van der Waals surface area (Å²) in [5.41, 5.74) is 5.63. The Morgan fingerprint density at radius 2 is 0.571 bits per heavy atom. The number of urea groups is 3. The highest BCUT2D eigenvalue weighted by Crippen LogP contribution is 2.25. The molecule has 0 fully saturated rings. The number of azo groups is 3. The number of carbonyl (C=O) groups excluding carboxylic acids is 3. The summed E-state index contributed by atoms with van der Waals surface area (Å²) < 4.78 is 16.4. The molecule has 0 saturated carbocycles. The molecule has 6 aromatic carbocycles. The summed E-state index contributed by atoms with van der Waals surface area (Å²) in [5, 5.41) is 42.7. The molecule has 0 aromatic heterocycles. The first-order chi connectivity index (χ1) is 34.2. The van der Waals surface area contributed by atoms with Crippen LogP contribution in [0.15, 0.2) is 176 Å². The van der Waals surface area contributed by atoms with Crippen molar-refractivity contribution in [1.82, 2.24) is 20.9 Å². The van der Waals surface area contributed by atoms with Gasteiger partial charge >= 0.3 is 18.1 Å². The van der Waals surface area contributed by atoms with Gasteiger partial charge in [-0.1, -0.05) is 0 Å². The number of carbonyl (C=O) groups is 3. The Balaban J connectivity index is 0.960. The van der Waals surface area contributed by atoms with Gasteiger partial charge in [0.2, 0.25) is 0 Å². The number of amides is 6. The fourth-order valence-corrected chi connectivity index (χ4v) is 6.35. The van der Waals surface area contributed by atoms with Crippen LogP contribution in [0.5, 0.6) is 17.2 Å². The number of hydrogen-bond acceptors (Lipinski definition) is 13. The van der Waals surface area contributed by atoms with E-state index >= 15 is 0 Å². The molecule has 0 aliphatic rings. The van der Waals surface area contributed by atoms with Gasteiger partial charge < -0.3 is 46.1 Å². The summed E-state index contributed by atoms with van der Waals surface area (Å²) in [7, 11) is 0. The van der Waals surface area contributed by atoms with E-state index in [1.165, 1.54) is 0 Å². The van der Waals surface area contributed by atoms with Crippen molar-refractivity contribution in [3.8, 4) is 17.2 Å². The SMILES string of the molecule is CCOc1ccc(N=Nc2ccc(NC(=O)NCCN(CCNC(=O)Nc3ccc(N=Nc4ccc(OCC)cc4)cc3)CCNC(=O)Nc3ccc(N=Nc4ccc(OCC)cc4)cc3)cc2)cc1. The van der Waals surface area contributed by atoms with Crippen LogP contribution in [0.1, 0.15) is 20.8 Å². The van der Waals surface area contributed by atoms with E-state index in [0.29, 0.717) is 90.6 Å². The minimum absolute atomic E-state index is 0.281. The number of hydrogen-bond donors (Lipinski definition) is 6. The van der Waals surface area contributed by atoms with Crippen molar-refractivity contribution >= 4 is 69.3 Å². The second-order valence-electron chi connectivity index (χ2n) is 15.0. The normalized spacial score (nSPS) is 11.1.